The molecule has 0 aliphatic carbocycles. The Morgan fingerprint density at radius 3 is 2.62 bits per heavy atom. The molecule has 0 aromatic rings. The van der Waals surface area contributed by atoms with Gasteiger partial charge in [-0.1, -0.05) is 59.8 Å². The number of amides is 2. The van der Waals surface area contributed by atoms with Crippen molar-refractivity contribution in [3.63, 3.8) is 0 Å². The van der Waals surface area contributed by atoms with E-state index in [0.717, 1.165) is 29.9 Å². The molecule has 29 heavy (non-hydrogen) atoms. The van der Waals surface area contributed by atoms with Gasteiger partial charge < -0.3 is 15.7 Å². The van der Waals surface area contributed by atoms with Crippen molar-refractivity contribution < 1.29 is 14.7 Å². The molecule has 0 aromatic heterocycles. The van der Waals surface area contributed by atoms with Crippen LogP contribution in [0.1, 0.15) is 66.7 Å². The van der Waals surface area contributed by atoms with Crippen LogP contribution in [-0.2, 0) is 9.59 Å². The van der Waals surface area contributed by atoms with Gasteiger partial charge >= 0.3 is 0 Å². The van der Waals surface area contributed by atoms with Crippen molar-refractivity contribution in [2.45, 2.75) is 78.9 Å². The van der Waals surface area contributed by atoms with Crippen molar-refractivity contribution in [3.05, 3.63) is 35.4 Å². The maximum absolute atomic E-state index is 12.9. The average molecular weight is 423 g/mol. The van der Waals surface area contributed by atoms with E-state index in [1.54, 1.807) is 17.8 Å². The van der Waals surface area contributed by atoms with E-state index in [1.165, 1.54) is 0 Å². The largest absolute Gasteiger partial charge is 0.392 e. The molecule has 1 aliphatic heterocycles. The molecule has 164 valence electrons. The summed E-state index contributed by atoms with van der Waals surface area (Å²) in [6, 6.07) is -0.626. The normalized spacial score (nSPS) is 20.2. The van der Waals surface area contributed by atoms with Gasteiger partial charge in [-0.05, 0) is 37.2 Å². The molecular weight excluding hydrogens is 384 g/mol. The number of hydrogen-bond acceptors (Lipinski definition) is 4. The zero-order chi connectivity index (χ0) is 22.0. The van der Waals surface area contributed by atoms with Gasteiger partial charge in [0, 0.05) is 16.4 Å². The summed E-state index contributed by atoms with van der Waals surface area (Å²) in [4.78, 5) is 26.5. The predicted octanol–water partition coefficient (Wildman–Crippen LogP) is 4.30. The standard InChI is InChI=1S/C23H38N2O3S/c1-7-12-16(19(26)13-10-11-14-23(4,5)6)21(27)25-18-15-29-20(9-3)17(8-2)24-22(18)28/h8,11,14,16,18-19,26H,2,7,9-10,12-13,15H2,1,3-6H3,(H,24,28)(H,25,27)/b14-11+. The monoisotopic (exact) mass is 422 g/mol. The van der Waals surface area contributed by atoms with Gasteiger partial charge in [-0.3, -0.25) is 9.59 Å². The van der Waals surface area contributed by atoms with Crippen molar-refractivity contribution in [2.24, 2.45) is 11.3 Å². The lowest BCUT2D eigenvalue weighted by atomic mass is 9.91. The number of rotatable bonds is 10. The summed E-state index contributed by atoms with van der Waals surface area (Å²) in [7, 11) is 0. The van der Waals surface area contributed by atoms with Crippen LogP contribution in [0.4, 0.5) is 0 Å². The molecule has 0 aromatic carbocycles. The van der Waals surface area contributed by atoms with E-state index in [1.807, 2.05) is 13.8 Å². The van der Waals surface area contributed by atoms with Gasteiger partial charge in [0.2, 0.25) is 11.8 Å². The van der Waals surface area contributed by atoms with E-state index in [9.17, 15) is 14.7 Å². The van der Waals surface area contributed by atoms with Crippen LogP contribution in [0.25, 0.3) is 0 Å². The minimum Gasteiger partial charge on any atom is -0.392 e. The van der Waals surface area contributed by atoms with E-state index < -0.39 is 18.1 Å². The van der Waals surface area contributed by atoms with E-state index in [0.29, 0.717) is 18.6 Å². The van der Waals surface area contributed by atoms with E-state index in [2.05, 4.69) is 50.1 Å². The molecule has 1 aliphatic rings. The summed E-state index contributed by atoms with van der Waals surface area (Å²) in [5.41, 5.74) is 0.820. The Labute approximate surface area is 180 Å². The third kappa shape index (κ3) is 8.79. The number of carbonyl (C=O) groups excluding carboxylic acids is 2. The first-order valence-corrected chi connectivity index (χ1v) is 11.6. The fourth-order valence-electron chi connectivity index (χ4n) is 3.18. The Morgan fingerprint density at radius 1 is 1.38 bits per heavy atom. The van der Waals surface area contributed by atoms with Crippen LogP contribution < -0.4 is 10.6 Å². The quantitative estimate of drug-likeness (QED) is 0.459. The first-order valence-electron chi connectivity index (χ1n) is 10.6. The Morgan fingerprint density at radius 2 is 2.07 bits per heavy atom. The molecule has 3 N–H and O–H groups in total. The second-order valence-corrected chi connectivity index (χ2v) is 9.68. The van der Waals surface area contributed by atoms with Crippen LogP contribution >= 0.6 is 11.8 Å². The highest BCUT2D eigenvalue weighted by Crippen LogP contribution is 2.26. The molecule has 3 atom stereocenters. The molecule has 0 saturated carbocycles. The summed E-state index contributed by atoms with van der Waals surface area (Å²) < 4.78 is 0. The highest BCUT2D eigenvalue weighted by Gasteiger charge is 2.31. The molecule has 1 heterocycles. The number of allylic oxidation sites excluding steroid dienone is 4. The Hall–Kier alpha value is -1.53. The van der Waals surface area contributed by atoms with Crippen LogP contribution in [0.3, 0.4) is 0 Å². The van der Waals surface area contributed by atoms with Crippen molar-refractivity contribution >= 4 is 23.6 Å². The van der Waals surface area contributed by atoms with Gasteiger partial charge in [-0.2, -0.15) is 0 Å². The number of aliphatic hydroxyl groups excluding tert-OH is 1. The lowest BCUT2D eigenvalue weighted by Crippen LogP contribution is -2.50. The second kappa shape index (κ2) is 12.2. The second-order valence-electron chi connectivity index (χ2n) is 8.56. The highest BCUT2D eigenvalue weighted by atomic mass is 32.2. The summed E-state index contributed by atoms with van der Waals surface area (Å²) >= 11 is 1.56. The molecule has 3 unspecified atom stereocenters. The van der Waals surface area contributed by atoms with Crippen LogP contribution in [-0.4, -0.2) is 34.8 Å². The predicted molar refractivity (Wildman–Crippen MR) is 122 cm³/mol. The van der Waals surface area contributed by atoms with Crippen molar-refractivity contribution in [1.82, 2.24) is 10.6 Å². The fourth-order valence-corrected chi connectivity index (χ4v) is 4.28. The smallest absolute Gasteiger partial charge is 0.247 e. The molecule has 5 nitrogen and oxygen atoms in total. The third-order valence-electron chi connectivity index (χ3n) is 4.79. The summed E-state index contributed by atoms with van der Waals surface area (Å²) in [6.45, 7) is 14.2. The van der Waals surface area contributed by atoms with E-state index in [-0.39, 0.29) is 17.2 Å². The van der Waals surface area contributed by atoms with Crippen LogP contribution in [0.5, 0.6) is 0 Å². The zero-order valence-corrected chi connectivity index (χ0v) is 19.4. The van der Waals surface area contributed by atoms with Gasteiger partial charge in [0.15, 0.2) is 0 Å². The molecular formula is C23H38N2O3S. The average Bonchev–Trinajstić information content (AvgIpc) is 2.80. The molecule has 2 amide bonds. The van der Waals surface area contributed by atoms with E-state index in [4.69, 9.17) is 0 Å². The molecule has 1 rings (SSSR count). The fraction of sp³-hybridized carbons (Fsp3) is 0.652. The number of nitrogens with one attached hydrogen (secondary N) is 2. The van der Waals surface area contributed by atoms with Crippen LogP contribution in [0.15, 0.2) is 35.4 Å². The van der Waals surface area contributed by atoms with Crippen LogP contribution in [0, 0.1) is 11.3 Å². The third-order valence-corrected chi connectivity index (χ3v) is 6.15. The number of hydrogen-bond donors (Lipinski definition) is 3. The minimum absolute atomic E-state index is 0.103. The van der Waals surface area contributed by atoms with Gasteiger partial charge in [0.05, 0.1) is 12.0 Å². The lowest BCUT2D eigenvalue weighted by Gasteiger charge is -2.24. The van der Waals surface area contributed by atoms with Gasteiger partial charge in [-0.15, -0.1) is 11.8 Å². The Bertz CT molecular complexity index is 635. The molecule has 0 fully saturated rings. The maximum Gasteiger partial charge on any atom is 0.247 e. The number of thioether (sulfide) groups is 1. The van der Waals surface area contributed by atoms with Gasteiger partial charge in [-0.25, -0.2) is 0 Å². The van der Waals surface area contributed by atoms with E-state index >= 15 is 0 Å². The molecule has 6 heteroatoms. The minimum atomic E-state index is -0.728. The van der Waals surface area contributed by atoms with Crippen molar-refractivity contribution in [2.75, 3.05) is 5.75 Å². The first-order chi connectivity index (χ1) is 13.6. The van der Waals surface area contributed by atoms with Gasteiger partial charge in [0.25, 0.3) is 0 Å². The summed E-state index contributed by atoms with van der Waals surface area (Å²) in [6.07, 6.45) is 8.53. The lowest BCUT2D eigenvalue weighted by molar-refractivity contribution is -0.133. The first kappa shape index (κ1) is 25.5. The number of aliphatic hydroxyl groups is 1. The molecule has 0 radical (unpaired) electrons. The Balaban J connectivity index is 2.73. The highest BCUT2D eigenvalue weighted by molar-refractivity contribution is 8.03. The van der Waals surface area contributed by atoms with Crippen LogP contribution in [0.2, 0.25) is 0 Å². The van der Waals surface area contributed by atoms with Gasteiger partial charge in [0.1, 0.15) is 6.04 Å². The van der Waals surface area contributed by atoms with Crippen molar-refractivity contribution in [1.29, 1.82) is 0 Å². The number of carbonyl (C=O) groups is 2. The SMILES string of the molecule is C=CC1=C(CC)SCC(NC(=O)C(CCC)C(O)CC/C=C/C(C)(C)C)C(=O)N1. The summed E-state index contributed by atoms with van der Waals surface area (Å²) in [5.74, 6) is -0.523. The maximum atomic E-state index is 12.9. The topological polar surface area (TPSA) is 78.4 Å². The molecule has 0 spiro atoms. The molecule has 0 saturated heterocycles. The molecule has 0 bridgehead atoms. The zero-order valence-electron chi connectivity index (χ0n) is 18.6. The van der Waals surface area contributed by atoms with Crippen molar-refractivity contribution in [3.8, 4) is 0 Å². The summed E-state index contributed by atoms with van der Waals surface area (Å²) in [5, 5.41) is 16.4. The Kier molecular flexibility index (Phi) is 10.8.